The monoisotopic (exact) mass is 279 g/mol. The maximum Gasteiger partial charge on any atom is 0.263 e. The molecular formula is C13H14ClN3O2. The minimum Gasteiger partial charge on any atom is -0.482 e. The van der Waals surface area contributed by atoms with Gasteiger partial charge < -0.3 is 10.1 Å². The van der Waals surface area contributed by atoms with Crippen molar-refractivity contribution in [3.8, 4) is 5.75 Å². The van der Waals surface area contributed by atoms with Crippen LogP contribution in [0.3, 0.4) is 0 Å². The maximum absolute atomic E-state index is 11.7. The van der Waals surface area contributed by atoms with Gasteiger partial charge in [-0.05, 0) is 18.6 Å². The molecule has 2 aromatic rings. The summed E-state index contributed by atoms with van der Waals surface area (Å²) in [7, 11) is 0. The number of para-hydroxylation sites is 1. The number of halogens is 1. The number of carbonyl (C=O) groups excluding carboxylic acids is 1. The van der Waals surface area contributed by atoms with Crippen LogP contribution in [0.25, 0.3) is 0 Å². The smallest absolute Gasteiger partial charge is 0.263 e. The van der Waals surface area contributed by atoms with Gasteiger partial charge in [-0.1, -0.05) is 30.7 Å². The molecule has 0 radical (unpaired) electrons. The number of hydrogen-bond donors (Lipinski definition) is 2. The summed E-state index contributed by atoms with van der Waals surface area (Å²) in [5.74, 6) is 0.828. The van der Waals surface area contributed by atoms with Gasteiger partial charge in [-0.15, -0.1) is 0 Å². The zero-order valence-electron chi connectivity index (χ0n) is 10.4. The highest BCUT2D eigenvalue weighted by atomic mass is 35.5. The third-order valence-electron chi connectivity index (χ3n) is 2.56. The van der Waals surface area contributed by atoms with E-state index >= 15 is 0 Å². The lowest BCUT2D eigenvalue weighted by atomic mass is 10.2. The number of hydrogen-bond acceptors (Lipinski definition) is 3. The van der Waals surface area contributed by atoms with E-state index in [1.165, 1.54) is 0 Å². The molecule has 1 aromatic heterocycles. The highest BCUT2D eigenvalue weighted by Gasteiger charge is 2.09. The second-order valence-electron chi connectivity index (χ2n) is 3.89. The number of carbonyl (C=O) groups is 1. The molecule has 0 bridgehead atoms. The standard InChI is InChI=1S/C13H14ClN3O2/c1-2-9-7-15-17-13(9)16-12(18)8-19-11-6-4-3-5-10(11)14/h3-7H,2,8H2,1H3,(H2,15,16,17,18). The molecule has 0 aliphatic rings. The average molecular weight is 280 g/mol. The number of amides is 1. The first-order valence-corrected chi connectivity index (χ1v) is 6.28. The van der Waals surface area contributed by atoms with Crippen molar-refractivity contribution in [2.75, 3.05) is 11.9 Å². The Hall–Kier alpha value is -2.01. The summed E-state index contributed by atoms with van der Waals surface area (Å²) < 4.78 is 5.34. The number of aromatic amines is 1. The Labute approximate surface area is 115 Å². The van der Waals surface area contributed by atoms with Crippen molar-refractivity contribution in [3.63, 3.8) is 0 Å². The molecule has 0 aliphatic heterocycles. The van der Waals surface area contributed by atoms with Crippen molar-refractivity contribution in [2.45, 2.75) is 13.3 Å². The van der Waals surface area contributed by atoms with Gasteiger partial charge in [0.05, 0.1) is 11.2 Å². The molecule has 1 amide bonds. The van der Waals surface area contributed by atoms with Gasteiger partial charge in [0.2, 0.25) is 0 Å². The fraction of sp³-hybridized carbons (Fsp3) is 0.231. The van der Waals surface area contributed by atoms with Gasteiger partial charge in [0.1, 0.15) is 11.6 Å². The lowest BCUT2D eigenvalue weighted by Crippen LogP contribution is -2.21. The van der Waals surface area contributed by atoms with Crippen LogP contribution in [0.5, 0.6) is 5.75 Å². The Morgan fingerprint density at radius 1 is 1.47 bits per heavy atom. The molecule has 2 rings (SSSR count). The van der Waals surface area contributed by atoms with E-state index in [1.807, 2.05) is 6.92 Å². The van der Waals surface area contributed by atoms with Gasteiger partial charge in [0, 0.05) is 5.56 Å². The normalized spacial score (nSPS) is 10.2. The van der Waals surface area contributed by atoms with Crippen LogP contribution in [-0.4, -0.2) is 22.7 Å². The zero-order chi connectivity index (χ0) is 13.7. The minimum absolute atomic E-state index is 0.105. The Kier molecular flexibility index (Phi) is 4.41. The van der Waals surface area contributed by atoms with Crippen LogP contribution in [0.15, 0.2) is 30.5 Å². The topological polar surface area (TPSA) is 67.0 Å². The Bertz CT molecular complexity index is 569. The first-order chi connectivity index (χ1) is 9.20. The third-order valence-corrected chi connectivity index (χ3v) is 2.87. The number of nitrogens with zero attached hydrogens (tertiary/aromatic N) is 1. The molecule has 100 valence electrons. The van der Waals surface area contributed by atoms with E-state index in [0.717, 1.165) is 12.0 Å². The van der Waals surface area contributed by atoms with Gasteiger partial charge >= 0.3 is 0 Å². The van der Waals surface area contributed by atoms with E-state index in [4.69, 9.17) is 16.3 Å². The molecule has 0 fully saturated rings. The van der Waals surface area contributed by atoms with E-state index in [0.29, 0.717) is 16.6 Å². The molecule has 2 N–H and O–H groups in total. The van der Waals surface area contributed by atoms with Gasteiger partial charge in [-0.2, -0.15) is 5.10 Å². The Morgan fingerprint density at radius 3 is 3.00 bits per heavy atom. The largest absolute Gasteiger partial charge is 0.482 e. The molecule has 1 heterocycles. The quantitative estimate of drug-likeness (QED) is 0.884. The van der Waals surface area contributed by atoms with E-state index in [1.54, 1.807) is 30.5 Å². The molecule has 19 heavy (non-hydrogen) atoms. The summed E-state index contributed by atoms with van der Waals surface area (Å²) in [6.45, 7) is 1.88. The fourth-order valence-corrected chi connectivity index (χ4v) is 1.76. The van der Waals surface area contributed by atoms with Crippen LogP contribution in [0.4, 0.5) is 5.82 Å². The minimum atomic E-state index is -0.265. The van der Waals surface area contributed by atoms with Crippen LogP contribution in [-0.2, 0) is 11.2 Å². The molecule has 6 heteroatoms. The SMILES string of the molecule is CCc1cn[nH]c1NC(=O)COc1ccccc1Cl. The lowest BCUT2D eigenvalue weighted by Gasteiger charge is -2.08. The first-order valence-electron chi connectivity index (χ1n) is 5.90. The van der Waals surface area contributed by atoms with Crippen molar-refractivity contribution in [2.24, 2.45) is 0 Å². The lowest BCUT2D eigenvalue weighted by molar-refractivity contribution is -0.118. The Morgan fingerprint density at radius 2 is 2.26 bits per heavy atom. The number of aryl methyl sites for hydroxylation is 1. The molecule has 0 saturated heterocycles. The van der Waals surface area contributed by atoms with Gasteiger partial charge in [-0.3, -0.25) is 9.89 Å². The van der Waals surface area contributed by atoms with Gasteiger partial charge in [0.15, 0.2) is 6.61 Å². The number of rotatable bonds is 5. The van der Waals surface area contributed by atoms with Gasteiger partial charge in [0.25, 0.3) is 5.91 Å². The molecule has 0 saturated carbocycles. The number of benzene rings is 1. The van der Waals surface area contributed by atoms with E-state index in [-0.39, 0.29) is 12.5 Å². The molecular weight excluding hydrogens is 266 g/mol. The number of nitrogens with one attached hydrogen (secondary N) is 2. The number of ether oxygens (including phenoxy) is 1. The summed E-state index contributed by atoms with van der Waals surface area (Å²) in [5.41, 5.74) is 0.950. The number of H-pyrrole nitrogens is 1. The molecule has 0 spiro atoms. The van der Waals surface area contributed by atoms with Crippen LogP contribution in [0.1, 0.15) is 12.5 Å². The Balaban J connectivity index is 1.90. The van der Waals surface area contributed by atoms with E-state index in [2.05, 4.69) is 15.5 Å². The molecule has 1 aromatic carbocycles. The van der Waals surface area contributed by atoms with Crippen molar-refractivity contribution in [1.29, 1.82) is 0 Å². The van der Waals surface area contributed by atoms with Crippen LogP contribution in [0, 0.1) is 0 Å². The second-order valence-corrected chi connectivity index (χ2v) is 4.30. The molecule has 0 aliphatic carbocycles. The highest BCUT2D eigenvalue weighted by molar-refractivity contribution is 6.32. The number of anilines is 1. The van der Waals surface area contributed by atoms with Crippen molar-refractivity contribution in [1.82, 2.24) is 10.2 Å². The van der Waals surface area contributed by atoms with Crippen LogP contribution in [0.2, 0.25) is 5.02 Å². The summed E-state index contributed by atoms with van der Waals surface area (Å²) in [6, 6.07) is 7.01. The summed E-state index contributed by atoms with van der Waals surface area (Å²) in [5, 5.41) is 9.79. The molecule has 0 unspecified atom stereocenters. The predicted octanol–water partition coefficient (Wildman–Crippen LogP) is 2.64. The van der Waals surface area contributed by atoms with Crippen molar-refractivity contribution >= 4 is 23.3 Å². The van der Waals surface area contributed by atoms with Crippen molar-refractivity contribution in [3.05, 3.63) is 41.0 Å². The zero-order valence-corrected chi connectivity index (χ0v) is 11.2. The number of aromatic nitrogens is 2. The molecule has 0 atom stereocenters. The van der Waals surface area contributed by atoms with Crippen LogP contribution >= 0.6 is 11.6 Å². The highest BCUT2D eigenvalue weighted by Crippen LogP contribution is 2.23. The van der Waals surface area contributed by atoms with Crippen molar-refractivity contribution < 1.29 is 9.53 Å². The van der Waals surface area contributed by atoms with Gasteiger partial charge in [-0.25, -0.2) is 0 Å². The summed E-state index contributed by atoms with van der Waals surface area (Å²) >= 11 is 5.93. The summed E-state index contributed by atoms with van der Waals surface area (Å²) in [6.07, 6.45) is 2.47. The first kappa shape index (κ1) is 13.4. The predicted molar refractivity (Wildman–Crippen MR) is 73.5 cm³/mol. The van der Waals surface area contributed by atoms with E-state index < -0.39 is 0 Å². The fourth-order valence-electron chi connectivity index (χ4n) is 1.57. The summed E-state index contributed by atoms with van der Waals surface area (Å²) in [4.78, 5) is 11.7. The second kappa shape index (κ2) is 6.24. The maximum atomic E-state index is 11.7. The third kappa shape index (κ3) is 3.48. The van der Waals surface area contributed by atoms with Crippen LogP contribution < -0.4 is 10.1 Å². The molecule has 5 nitrogen and oxygen atoms in total. The average Bonchev–Trinajstić information content (AvgIpc) is 2.85. The van der Waals surface area contributed by atoms with E-state index in [9.17, 15) is 4.79 Å².